The number of nitrogen functional groups attached to an aromatic ring is 1. The minimum absolute atomic E-state index is 0.376. The van der Waals surface area contributed by atoms with Crippen molar-refractivity contribution in [2.75, 3.05) is 12.8 Å². The van der Waals surface area contributed by atoms with Crippen LogP contribution in [0.1, 0.15) is 38.4 Å². The number of methoxy groups -OCH3 is 1. The Morgan fingerprint density at radius 2 is 2.40 bits per heavy atom. The van der Waals surface area contributed by atoms with Crippen molar-refractivity contribution < 1.29 is 9.26 Å². The van der Waals surface area contributed by atoms with Crippen LogP contribution in [0.5, 0.6) is 0 Å². The average Bonchev–Trinajstić information content (AvgIpc) is 3.07. The molecule has 2 aromatic heterocycles. The van der Waals surface area contributed by atoms with Crippen LogP contribution in [-0.4, -0.2) is 27.4 Å². The van der Waals surface area contributed by atoms with Crippen molar-refractivity contribution in [3.8, 4) is 11.5 Å². The summed E-state index contributed by atoms with van der Waals surface area (Å²) in [6.45, 7) is 2.22. The molecule has 2 heterocycles. The van der Waals surface area contributed by atoms with Crippen LogP contribution in [0.4, 0.5) is 5.82 Å². The number of rotatable bonds is 3. The first kappa shape index (κ1) is 13.1. The van der Waals surface area contributed by atoms with E-state index in [-0.39, 0.29) is 0 Å². The zero-order valence-electron chi connectivity index (χ0n) is 11.7. The molecule has 0 amide bonds. The number of H-pyrrole nitrogens is 1. The van der Waals surface area contributed by atoms with E-state index >= 15 is 0 Å². The van der Waals surface area contributed by atoms with Gasteiger partial charge in [0.1, 0.15) is 17.0 Å². The molecule has 0 aliphatic heterocycles. The highest BCUT2D eigenvalue weighted by Crippen LogP contribution is 2.41. The van der Waals surface area contributed by atoms with E-state index < -0.39 is 5.60 Å². The Balaban J connectivity index is 1.94. The molecule has 20 heavy (non-hydrogen) atoms. The van der Waals surface area contributed by atoms with Crippen molar-refractivity contribution >= 4 is 5.82 Å². The summed E-state index contributed by atoms with van der Waals surface area (Å²) in [5.41, 5.74) is 5.95. The van der Waals surface area contributed by atoms with E-state index in [9.17, 15) is 0 Å². The number of ether oxygens (including phenoxy) is 1. The number of hydrogen-bond donors (Lipinski definition) is 2. The summed E-state index contributed by atoms with van der Waals surface area (Å²) in [5.74, 6) is 1.98. The van der Waals surface area contributed by atoms with Crippen molar-refractivity contribution in [3.63, 3.8) is 0 Å². The molecule has 2 unspecified atom stereocenters. The summed E-state index contributed by atoms with van der Waals surface area (Å²) in [6.07, 6.45) is 5.71. The predicted octanol–water partition coefficient (Wildman–Crippen LogP) is 2.09. The van der Waals surface area contributed by atoms with Gasteiger partial charge in [-0.25, -0.2) is 0 Å². The van der Waals surface area contributed by atoms with Crippen LogP contribution in [0.15, 0.2) is 10.7 Å². The van der Waals surface area contributed by atoms with Crippen LogP contribution < -0.4 is 5.73 Å². The van der Waals surface area contributed by atoms with E-state index in [1.54, 1.807) is 13.3 Å². The Bertz CT molecular complexity index is 593. The number of aromatic amines is 1. The first-order valence-electron chi connectivity index (χ1n) is 6.83. The highest BCUT2D eigenvalue weighted by molar-refractivity contribution is 5.65. The summed E-state index contributed by atoms with van der Waals surface area (Å²) in [4.78, 5) is 4.47. The molecular formula is C13H19N5O2. The Hall–Kier alpha value is -1.89. The third kappa shape index (κ3) is 2.07. The topological polar surface area (TPSA) is 103 Å². The lowest BCUT2D eigenvalue weighted by molar-refractivity contribution is -0.0658. The van der Waals surface area contributed by atoms with Crippen LogP contribution in [0.2, 0.25) is 0 Å². The van der Waals surface area contributed by atoms with Gasteiger partial charge in [0.15, 0.2) is 0 Å². The van der Waals surface area contributed by atoms with Crippen molar-refractivity contribution in [1.82, 2.24) is 20.3 Å². The molecule has 1 aliphatic rings. The SMILES string of the molecule is COC1(c2noc(-c3cn[nH]c3N)n2)CCCC(C)C1. The summed E-state index contributed by atoms with van der Waals surface area (Å²) in [7, 11) is 1.71. The molecule has 1 saturated carbocycles. The van der Waals surface area contributed by atoms with Crippen LogP contribution >= 0.6 is 0 Å². The zero-order valence-corrected chi connectivity index (χ0v) is 11.7. The molecule has 2 aromatic rings. The molecule has 0 aromatic carbocycles. The maximum Gasteiger partial charge on any atom is 0.263 e. The number of nitrogens with one attached hydrogen (secondary N) is 1. The van der Waals surface area contributed by atoms with Crippen molar-refractivity contribution in [1.29, 1.82) is 0 Å². The molecule has 7 nitrogen and oxygen atoms in total. The molecule has 7 heteroatoms. The molecule has 1 aliphatic carbocycles. The highest BCUT2D eigenvalue weighted by Gasteiger charge is 2.41. The lowest BCUT2D eigenvalue weighted by Gasteiger charge is -2.36. The molecule has 0 saturated heterocycles. The quantitative estimate of drug-likeness (QED) is 0.890. The lowest BCUT2D eigenvalue weighted by atomic mass is 9.78. The second kappa shape index (κ2) is 4.90. The van der Waals surface area contributed by atoms with Gasteiger partial charge in [-0.2, -0.15) is 10.1 Å². The van der Waals surface area contributed by atoms with Crippen LogP contribution in [-0.2, 0) is 10.3 Å². The summed E-state index contributed by atoms with van der Waals surface area (Å²) < 4.78 is 11.1. The van der Waals surface area contributed by atoms with E-state index in [4.69, 9.17) is 15.0 Å². The number of anilines is 1. The predicted molar refractivity (Wildman–Crippen MR) is 72.6 cm³/mol. The van der Waals surface area contributed by atoms with Gasteiger partial charge in [-0.15, -0.1) is 0 Å². The molecule has 3 N–H and O–H groups in total. The van der Waals surface area contributed by atoms with Gasteiger partial charge >= 0.3 is 0 Å². The maximum absolute atomic E-state index is 5.77. The third-order valence-corrected chi connectivity index (χ3v) is 4.08. The van der Waals surface area contributed by atoms with E-state index in [1.807, 2.05) is 0 Å². The number of nitrogens with zero attached hydrogens (tertiary/aromatic N) is 3. The molecule has 0 bridgehead atoms. The summed E-state index contributed by atoms with van der Waals surface area (Å²) >= 11 is 0. The van der Waals surface area contributed by atoms with Crippen LogP contribution in [0.3, 0.4) is 0 Å². The Labute approximate surface area is 116 Å². The minimum Gasteiger partial charge on any atom is -0.383 e. The molecule has 3 rings (SSSR count). The fourth-order valence-corrected chi connectivity index (χ4v) is 2.97. The minimum atomic E-state index is -0.447. The van der Waals surface area contributed by atoms with Crippen LogP contribution in [0, 0.1) is 5.92 Å². The van der Waals surface area contributed by atoms with Gasteiger partial charge in [0.2, 0.25) is 5.82 Å². The van der Waals surface area contributed by atoms with E-state index in [1.165, 1.54) is 6.42 Å². The largest absolute Gasteiger partial charge is 0.383 e. The van der Waals surface area contributed by atoms with Gasteiger partial charge in [-0.1, -0.05) is 18.5 Å². The standard InChI is InChI=1S/C13H19N5O2/c1-8-4-3-5-13(6-8,19-2)12-16-11(20-18-12)9-7-15-17-10(9)14/h7-8H,3-6H2,1-2H3,(H3,14,15,17). The number of hydrogen-bond acceptors (Lipinski definition) is 6. The van der Waals surface area contributed by atoms with Crippen molar-refractivity contribution in [2.24, 2.45) is 5.92 Å². The first-order chi connectivity index (χ1) is 9.64. The number of aromatic nitrogens is 4. The maximum atomic E-state index is 5.77. The highest BCUT2D eigenvalue weighted by atomic mass is 16.5. The Morgan fingerprint density at radius 3 is 3.05 bits per heavy atom. The molecule has 108 valence electrons. The summed E-state index contributed by atoms with van der Waals surface area (Å²) in [5, 5.41) is 10.6. The fourth-order valence-electron chi connectivity index (χ4n) is 2.97. The summed E-state index contributed by atoms with van der Waals surface area (Å²) in [6, 6.07) is 0. The number of nitrogens with two attached hydrogens (primary N) is 1. The molecule has 0 radical (unpaired) electrons. The third-order valence-electron chi connectivity index (χ3n) is 4.08. The zero-order chi connectivity index (χ0) is 14.2. The van der Waals surface area contributed by atoms with E-state index in [0.29, 0.717) is 29.0 Å². The van der Waals surface area contributed by atoms with Crippen LogP contribution in [0.25, 0.3) is 11.5 Å². The molecule has 2 atom stereocenters. The average molecular weight is 277 g/mol. The second-order valence-electron chi connectivity index (χ2n) is 5.52. The monoisotopic (exact) mass is 277 g/mol. The van der Waals surface area contributed by atoms with Crippen molar-refractivity contribution in [3.05, 3.63) is 12.0 Å². The van der Waals surface area contributed by atoms with Gasteiger partial charge < -0.3 is 15.0 Å². The van der Waals surface area contributed by atoms with E-state index in [2.05, 4.69) is 27.3 Å². The van der Waals surface area contributed by atoms with Crippen molar-refractivity contribution in [2.45, 2.75) is 38.2 Å². The van der Waals surface area contributed by atoms with E-state index in [0.717, 1.165) is 19.3 Å². The smallest absolute Gasteiger partial charge is 0.263 e. The fraction of sp³-hybridized carbons (Fsp3) is 0.615. The van der Waals surface area contributed by atoms with Gasteiger partial charge in [0, 0.05) is 7.11 Å². The lowest BCUT2D eigenvalue weighted by Crippen LogP contribution is -2.35. The van der Waals surface area contributed by atoms with Gasteiger partial charge in [-0.3, -0.25) is 5.10 Å². The molecule has 1 fully saturated rings. The Morgan fingerprint density at radius 1 is 1.55 bits per heavy atom. The van der Waals surface area contributed by atoms with Gasteiger partial charge in [0.25, 0.3) is 5.89 Å². The second-order valence-corrected chi connectivity index (χ2v) is 5.52. The first-order valence-corrected chi connectivity index (χ1v) is 6.83. The van der Waals surface area contributed by atoms with Gasteiger partial charge in [0.05, 0.1) is 6.20 Å². The van der Waals surface area contributed by atoms with Gasteiger partial charge in [-0.05, 0) is 25.2 Å². The normalized spacial score (nSPS) is 26.8. The molecule has 0 spiro atoms. The molecular weight excluding hydrogens is 258 g/mol. The Kier molecular flexibility index (Phi) is 3.21.